The minimum atomic E-state index is -2.72. The zero-order valence-corrected chi connectivity index (χ0v) is 38.6. The number of aryl methyl sites for hydroxylation is 4. The van der Waals surface area contributed by atoms with Crippen molar-refractivity contribution in [3.8, 4) is 67.5 Å². The first-order chi connectivity index (χ1) is 38.9. The fourth-order valence-corrected chi connectivity index (χ4v) is 11.3. The fourth-order valence-electron chi connectivity index (χ4n) is 11.3. The lowest BCUT2D eigenvalue weighted by molar-refractivity contribution is 1.22. The molecule has 0 fully saturated rings. The Morgan fingerprint density at radius 2 is 0.667 bits per heavy atom. The van der Waals surface area contributed by atoms with Crippen LogP contribution in [0.4, 0.5) is 0 Å². The maximum absolute atomic E-state index is 8.79. The van der Waals surface area contributed by atoms with E-state index in [0.29, 0.717) is 89.7 Å². The van der Waals surface area contributed by atoms with Crippen molar-refractivity contribution in [1.82, 2.24) is 29.9 Å². The SMILES string of the molecule is [2H]C([2H])([2H])c1cc(C)cc(-c2c3nc(c(-c4cc(C([2H])([2H])[2H])cc(C([2H])([2H])[2H])c4)c4[nH]c(nc5nc(nc6[nH]c2c2cc7ccccc7cc62)-c2cc6ccccc6cc2-5)c2cc5ccccc5cc42)-c2cc4ccccc4cc2-3)c1. The van der Waals surface area contributed by atoms with Crippen molar-refractivity contribution in [3.63, 3.8) is 0 Å². The Morgan fingerprint density at radius 1 is 0.333 bits per heavy atom. The van der Waals surface area contributed by atoms with Crippen molar-refractivity contribution < 1.29 is 12.3 Å². The second-order valence-corrected chi connectivity index (χ2v) is 19.1. The lowest BCUT2D eigenvalue weighted by Gasteiger charge is -2.11. The highest BCUT2D eigenvalue weighted by Crippen LogP contribution is 2.50. The molecule has 0 amide bonds. The summed E-state index contributed by atoms with van der Waals surface area (Å²) in [6.45, 7) is -6.03. The van der Waals surface area contributed by atoms with Crippen LogP contribution in [0.5, 0.6) is 0 Å². The van der Waals surface area contributed by atoms with E-state index in [0.717, 1.165) is 70.4 Å². The molecular weight excluding hydrogens is 877 g/mol. The number of nitrogens with zero attached hydrogens (tertiary/aromatic N) is 4. The standard InChI is InChI=1S/C66H44N6/c1-35-21-36(2)24-47(23-35)57-59-49-27-39-13-5-6-14-40(39)28-50(49)60(67-59)58(48-25-37(3)22-38(4)26-48)62-52-30-42-16-8-10-18-44(42)32-54(52)64(69-62)71-66-56-34-46-20-12-11-19-45(46)33-55(56)65(72-66)70-63-53-31-43-17-9-7-15-41(43)29-51(53)61(57)68-63/h5-34H,1-4H3,(H2,68,69,70,71,72)/i1D3,2D3,3D3. The number of benzene rings is 10. The van der Waals surface area contributed by atoms with Gasteiger partial charge in [-0.15, -0.1) is 0 Å². The molecule has 338 valence electrons. The second-order valence-electron chi connectivity index (χ2n) is 19.1. The van der Waals surface area contributed by atoms with Crippen molar-refractivity contribution in [2.24, 2.45) is 0 Å². The molecule has 3 aromatic heterocycles. The summed E-state index contributed by atoms with van der Waals surface area (Å²) in [7, 11) is 0. The van der Waals surface area contributed by atoms with Gasteiger partial charge in [0.25, 0.3) is 0 Å². The number of hydrogen-bond acceptors (Lipinski definition) is 4. The molecule has 0 spiro atoms. The molecule has 72 heavy (non-hydrogen) atoms. The highest BCUT2D eigenvalue weighted by molar-refractivity contribution is 6.20. The Kier molecular flexibility index (Phi) is 6.83. The van der Waals surface area contributed by atoms with Crippen LogP contribution in [-0.2, 0) is 0 Å². The monoisotopic (exact) mass is 929 g/mol. The molecule has 5 heterocycles. The molecule has 8 bridgehead atoms. The van der Waals surface area contributed by atoms with Crippen LogP contribution in [0.1, 0.15) is 34.6 Å². The molecule has 0 atom stereocenters. The van der Waals surface area contributed by atoms with Gasteiger partial charge >= 0.3 is 0 Å². The molecule has 13 aromatic rings. The first kappa shape index (κ1) is 32.5. The molecule has 0 radical (unpaired) electrons. The first-order valence-electron chi connectivity index (χ1n) is 28.4. The molecule has 0 unspecified atom stereocenters. The number of nitrogens with one attached hydrogen (secondary N) is 2. The number of aromatic nitrogens is 6. The highest BCUT2D eigenvalue weighted by Gasteiger charge is 2.29. The van der Waals surface area contributed by atoms with Gasteiger partial charge in [0.05, 0.1) is 22.4 Å². The van der Waals surface area contributed by atoms with E-state index in [1.807, 2.05) is 85.8 Å². The quantitative estimate of drug-likeness (QED) is 0.181. The van der Waals surface area contributed by atoms with E-state index in [9.17, 15) is 0 Å². The van der Waals surface area contributed by atoms with Gasteiger partial charge < -0.3 is 9.97 Å². The lowest BCUT2D eigenvalue weighted by Crippen LogP contribution is -1.89. The van der Waals surface area contributed by atoms with Gasteiger partial charge in [-0.2, -0.15) is 0 Å². The molecule has 0 aliphatic carbocycles. The van der Waals surface area contributed by atoms with Crippen LogP contribution in [0.15, 0.2) is 182 Å². The van der Waals surface area contributed by atoms with Gasteiger partial charge in [0, 0.05) is 67.3 Å². The summed E-state index contributed by atoms with van der Waals surface area (Å²) >= 11 is 0. The van der Waals surface area contributed by atoms with Crippen LogP contribution in [-0.4, -0.2) is 29.9 Å². The van der Waals surface area contributed by atoms with E-state index in [-0.39, 0.29) is 16.7 Å². The van der Waals surface area contributed by atoms with Crippen LogP contribution in [0.25, 0.3) is 155 Å². The van der Waals surface area contributed by atoms with Gasteiger partial charge in [0.1, 0.15) is 11.3 Å². The Balaban J connectivity index is 1.26. The number of H-pyrrole nitrogens is 2. The van der Waals surface area contributed by atoms with E-state index in [1.54, 1.807) is 24.3 Å². The Morgan fingerprint density at radius 3 is 1.06 bits per heavy atom. The molecule has 2 N–H and O–H groups in total. The topological polar surface area (TPSA) is 83.1 Å². The normalized spacial score (nSPS) is 14.5. The van der Waals surface area contributed by atoms with Crippen LogP contribution < -0.4 is 0 Å². The van der Waals surface area contributed by atoms with E-state index in [1.165, 1.54) is 6.07 Å². The summed E-state index contributed by atoms with van der Waals surface area (Å²) in [6, 6.07) is 58.7. The fraction of sp³-hybridized carbons (Fsp3) is 0.0606. The summed E-state index contributed by atoms with van der Waals surface area (Å²) < 4.78 is 79.0. The predicted molar refractivity (Wildman–Crippen MR) is 300 cm³/mol. The number of rotatable bonds is 2. The zero-order chi connectivity index (χ0) is 55.4. The highest BCUT2D eigenvalue weighted by atomic mass is 15.0. The van der Waals surface area contributed by atoms with Crippen molar-refractivity contribution in [2.45, 2.75) is 27.5 Å². The molecule has 2 aliphatic heterocycles. The smallest absolute Gasteiger partial charge is 0.164 e. The third kappa shape index (κ3) is 6.22. The van der Waals surface area contributed by atoms with Crippen molar-refractivity contribution in [2.75, 3.05) is 0 Å². The predicted octanol–water partition coefficient (Wildman–Crippen LogP) is 17.3. The third-order valence-corrected chi connectivity index (χ3v) is 14.5. The van der Waals surface area contributed by atoms with Gasteiger partial charge in [-0.05, 0) is 130 Å². The molecule has 0 saturated carbocycles. The molecule has 0 saturated heterocycles. The minimum Gasteiger partial charge on any atom is -0.339 e. The molecule has 15 rings (SSSR count). The summed E-state index contributed by atoms with van der Waals surface area (Å²) in [5.74, 6) is 0.820. The summed E-state index contributed by atoms with van der Waals surface area (Å²) in [5, 5.41) is 10.6. The zero-order valence-electron chi connectivity index (χ0n) is 47.6. The number of fused-ring (bicyclic) bond motifs is 24. The van der Waals surface area contributed by atoms with E-state index >= 15 is 0 Å². The van der Waals surface area contributed by atoms with Crippen molar-refractivity contribution in [3.05, 3.63) is 204 Å². The van der Waals surface area contributed by atoms with Crippen molar-refractivity contribution >= 4 is 87.0 Å². The van der Waals surface area contributed by atoms with Gasteiger partial charge in [0.15, 0.2) is 11.6 Å². The maximum Gasteiger partial charge on any atom is 0.164 e. The lowest BCUT2D eigenvalue weighted by atomic mass is 9.90. The third-order valence-electron chi connectivity index (χ3n) is 14.5. The molecule has 6 heteroatoms. The van der Waals surface area contributed by atoms with E-state index < -0.39 is 20.6 Å². The summed E-state index contributed by atoms with van der Waals surface area (Å²) in [6.07, 6.45) is 0. The van der Waals surface area contributed by atoms with Gasteiger partial charge in [0.2, 0.25) is 0 Å². The van der Waals surface area contributed by atoms with E-state index in [2.05, 4.69) is 82.8 Å². The van der Waals surface area contributed by atoms with E-state index in [4.69, 9.17) is 32.3 Å². The second kappa shape index (κ2) is 15.1. The van der Waals surface area contributed by atoms with Gasteiger partial charge in [-0.25, -0.2) is 19.9 Å². The largest absolute Gasteiger partial charge is 0.339 e. The minimum absolute atomic E-state index is 0.143. The number of hydrogen-bond donors (Lipinski definition) is 2. The molecule has 6 nitrogen and oxygen atoms in total. The average Bonchev–Trinajstić information content (AvgIpc) is 4.39. The first-order valence-corrected chi connectivity index (χ1v) is 23.9. The van der Waals surface area contributed by atoms with Crippen LogP contribution in [0.3, 0.4) is 0 Å². The Hall–Kier alpha value is -9.26. The maximum atomic E-state index is 8.79. The molecule has 2 aliphatic rings. The molecular formula is C66H44N6. The van der Waals surface area contributed by atoms with Gasteiger partial charge in [-0.1, -0.05) is 156 Å². The van der Waals surface area contributed by atoms with Gasteiger partial charge in [-0.3, -0.25) is 0 Å². The molecule has 10 aromatic carbocycles. The average molecular weight is 930 g/mol. The summed E-state index contributed by atoms with van der Waals surface area (Å²) in [5.41, 5.74) is 8.27. The summed E-state index contributed by atoms with van der Waals surface area (Å²) in [4.78, 5) is 29.7. The Labute approximate surface area is 427 Å². The van der Waals surface area contributed by atoms with Crippen LogP contribution in [0, 0.1) is 27.5 Å². The van der Waals surface area contributed by atoms with Crippen molar-refractivity contribution in [1.29, 1.82) is 0 Å². The van der Waals surface area contributed by atoms with Crippen LogP contribution in [0.2, 0.25) is 0 Å². The Bertz CT molecular complexity index is 5080. The van der Waals surface area contributed by atoms with Crippen LogP contribution >= 0.6 is 0 Å². The number of aromatic amines is 2.